The number of hydrogen-bond donors (Lipinski definition) is 4. The first-order valence-electron chi connectivity index (χ1n) is 17.4. The van der Waals surface area contributed by atoms with E-state index in [2.05, 4.69) is 10.6 Å². The average molecular weight is 730 g/mol. The van der Waals surface area contributed by atoms with Crippen molar-refractivity contribution in [1.29, 1.82) is 0 Å². The second-order valence-corrected chi connectivity index (χ2v) is 15.2. The molecule has 0 radical (unpaired) electrons. The van der Waals surface area contributed by atoms with Crippen LogP contribution in [0.1, 0.15) is 63.8 Å². The Hall–Kier alpha value is -3.81. The second kappa shape index (κ2) is 18.6. The van der Waals surface area contributed by atoms with Crippen LogP contribution in [0.4, 0.5) is 13.2 Å². The lowest BCUT2D eigenvalue weighted by atomic mass is 9.82. The van der Waals surface area contributed by atoms with Crippen LogP contribution in [-0.4, -0.2) is 82.3 Å². The molecule has 1 aliphatic heterocycles. The van der Waals surface area contributed by atoms with E-state index in [9.17, 15) is 23.9 Å². The number of carbonyl (C=O) groups is 3. The number of halogens is 3. The van der Waals surface area contributed by atoms with Crippen molar-refractivity contribution in [2.75, 3.05) is 37.7 Å². The maximum absolute atomic E-state index is 15.1. The van der Waals surface area contributed by atoms with Crippen LogP contribution >= 0.6 is 11.8 Å². The Kier molecular flexibility index (Phi) is 14.6. The Labute approximate surface area is 302 Å². The summed E-state index contributed by atoms with van der Waals surface area (Å²) in [6.45, 7) is 7.42. The zero-order valence-corrected chi connectivity index (χ0v) is 30.4. The molecule has 5 N–H and O–H groups in total. The normalized spacial score (nSPS) is 17.2. The van der Waals surface area contributed by atoms with E-state index in [1.807, 2.05) is 55.7 Å². The van der Waals surface area contributed by atoms with Gasteiger partial charge in [0.25, 0.3) is 0 Å². The van der Waals surface area contributed by atoms with Crippen molar-refractivity contribution < 1.29 is 32.7 Å². The summed E-state index contributed by atoms with van der Waals surface area (Å²) >= 11 is 1.08. The SMILES string of the molecule is CC(C)(C)C(c1cc(-c2cc(F)ccc2F)cn1Cc1ccccc1)N(C[C@@H]1CNC[C@@H]1F)C(=O)CSCC(NC(=O)CCCCCN)C(=O)O. The fourth-order valence-corrected chi connectivity index (χ4v) is 7.41. The largest absolute Gasteiger partial charge is 0.480 e. The molecular weight excluding hydrogens is 680 g/mol. The first-order valence-corrected chi connectivity index (χ1v) is 18.6. The van der Waals surface area contributed by atoms with Gasteiger partial charge in [-0.05, 0) is 54.6 Å². The highest BCUT2D eigenvalue weighted by Crippen LogP contribution is 2.42. The third-order valence-corrected chi connectivity index (χ3v) is 10.1. The Morgan fingerprint density at radius 1 is 1.08 bits per heavy atom. The molecule has 0 spiro atoms. The van der Waals surface area contributed by atoms with E-state index >= 15 is 8.78 Å². The van der Waals surface area contributed by atoms with Crippen LogP contribution < -0.4 is 16.4 Å². The van der Waals surface area contributed by atoms with Gasteiger partial charge in [-0.15, -0.1) is 11.8 Å². The molecule has 13 heteroatoms. The van der Waals surface area contributed by atoms with Crippen LogP contribution in [0.2, 0.25) is 0 Å². The zero-order valence-electron chi connectivity index (χ0n) is 29.5. The number of carbonyl (C=O) groups excluding carboxylic acids is 2. The smallest absolute Gasteiger partial charge is 0.327 e. The number of nitrogens with one attached hydrogen (secondary N) is 2. The summed E-state index contributed by atoms with van der Waals surface area (Å²) in [4.78, 5) is 40.4. The number of amides is 2. The number of unbranched alkanes of at least 4 members (excludes halogenated alkanes) is 2. The molecule has 2 aromatic carbocycles. The number of rotatable bonds is 18. The molecule has 278 valence electrons. The van der Waals surface area contributed by atoms with Crippen molar-refractivity contribution in [3.63, 3.8) is 0 Å². The third-order valence-electron chi connectivity index (χ3n) is 9.04. The lowest BCUT2D eigenvalue weighted by molar-refractivity contribution is -0.141. The summed E-state index contributed by atoms with van der Waals surface area (Å²) in [6, 6.07) is 12.8. The number of carboxylic acids is 1. The monoisotopic (exact) mass is 729 g/mol. The molecule has 1 fully saturated rings. The van der Waals surface area contributed by atoms with Gasteiger partial charge in [0.1, 0.15) is 23.8 Å². The molecule has 51 heavy (non-hydrogen) atoms. The number of alkyl halides is 1. The highest BCUT2D eigenvalue weighted by Gasteiger charge is 2.40. The molecule has 2 unspecified atom stereocenters. The minimum Gasteiger partial charge on any atom is -0.480 e. The molecule has 0 bridgehead atoms. The van der Waals surface area contributed by atoms with Crippen molar-refractivity contribution in [3.8, 4) is 11.1 Å². The Morgan fingerprint density at radius 2 is 1.82 bits per heavy atom. The van der Waals surface area contributed by atoms with Crippen LogP contribution in [0.5, 0.6) is 0 Å². The van der Waals surface area contributed by atoms with Gasteiger partial charge in [-0.2, -0.15) is 0 Å². The van der Waals surface area contributed by atoms with Gasteiger partial charge in [0.15, 0.2) is 0 Å². The second-order valence-electron chi connectivity index (χ2n) is 14.2. The van der Waals surface area contributed by atoms with Crippen molar-refractivity contribution in [2.24, 2.45) is 17.1 Å². The van der Waals surface area contributed by atoms with E-state index in [0.717, 1.165) is 48.4 Å². The van der Waals surface area contributed by atoms with E-state index in [0.29, 0.717) is 37.3 Å². The lowest BCUT2D eigenvalue weighted by Gasteiger charge is -2.42. The minimum absolute atomic E-state index is 0.0479. The number of aromatic nitrogens is 1. The molecule has 4 atom stereocenters. The van der Waals surface area contributed by atoms with E-state index in [1.165, 1.54) is 0 Å². The van der Waals surface area contributed by atoms with E-state index in [-0.39, 0.29) is 48.4 Å². The predicted molar refractivity (Wildman–Crippen MR) is 195 cm³/mol. The number of hydrogen-bond acceptors (Lipinski definition) is 6. The molecule has 2 heterocycles. The number of benzene rings is 2. The zero-order chi connectivity index (χ0) is 37.1. The van der Waals surface area contributed by atoms with Gasteiger partial charge in [0.05, 0.1) is 11.8 Å². The van der Waals surface area contributed by atoms with Crippen LogP contribution in [0.3, 0.4) is 0 Å². The van der Waals surface area contributed by atoms with Crippen molar-refractivity contribution >= 4 is 29.5 Å². The summed E-state index contributed by atoms with van der Waals surface area (Å²) in [5.41, 5.74) is 7.01. The first-order chi connectivity index (χ1) is 24.3. The molecular formula is C38H50F3N5O4S. The fourth-order valence-electron chi connectivity index (χ4n) is 6.49. The fraction of sp³-hybridized carbons (Fsp3) is 0.500. The third kappa shape index (κ3) is 11.3. The number of thioether (sulfide) groups is 1. The summed E-state index contributed by atoms with van der Waals surface area (Å²) in [5, 5.41) is 15.4. The van der Waals surface area contributed by atoms with Gasteiger partial charge in [-0.1, -0.05) is 57.5 Å². The summed E-state index contributed by atoms with van der Waals surface area (Å²) in [6.07, 6.45) is 2.88. The Bertz CT molecular complexity index is 1620. The van der Waals surface area contributed by atoms with E-state index in [1.54, 1.807) is 17.2 Å². The molecule has 3 aromatic rings. The first kappa shape index (κ1) is 40.0. The molecule has 9 nitrogen and oxygen atoms in total. The predicted octanol–water partition coefficient (Wildman–Crippen LogP) is 5.78. The number of nitrogens with two attached hydrogens (primary N) is 1. The van der Waals surface area contributed by atoms with Crippen LogP contribution in [0.15, 0.2) is 60.8 Å². The van der Waals surface area contributed by atoms with Gasteiger partial charge < -0.3 is 30.9 Å². The van der Waals surface area contributed by atoms with Crippen LogP contribution in [0, 0.1) is 23.0 Å². The van der Waals surface area contributed by atoms with E-state index < -0.39 is 47.2 Å². The summed E-state index contributed by atoms with van der Waals surface area (Å²) < 4.78 is 46.6. The van der Waals surface area contributed by atoms with Gasteiger partial charge >= 0.3 is 5.97 Å². The van der Waals surface area contributed by atoms with Crippen LogP contribution in [-0.2, 0) is 20.9 Å². The molecule has 4 rings (SSSR count). The van der Waals surface area contributed by atoms with Gasteiger partial charge in [-0.25, -0.2) is 18.0 Å². The summed E-state index contributed by atoms with van der Waals surface area (Å²) in [7, 11) is 0. The van der Waals surface area contributed by atoms with Crippen LogP contribution in [0.25, 0.3) is 11.1 Å². The topological polar surface area (TPSA) is 130 Å². The maximum atomic E-state index is 15.1. The summed E-state index contributed by atoms with van der Waals surface area (Å²) in [5.74, 6) is -3.76. The van der Waals surface area contributed by atoms with Crippen molar-refractivity contribution in [2.45, 2.75) is 71.3 Å². The van der Waals surface area contributed by atoms with Crippen molar-refractivity contribution in [3.05, 3.63) is 83.7 Å². The van der Waals surface area contributed by atoms with Gasteiger partial charge in [0.2, 0.25) is 11.8 Å². The molecule has 1 aromatic heterocycles. The van der Waals surface area contributed by atoms with E-state index in [4.69, 9.17) is 5.73 Å². The molecule has 1 aliphatic rings. The van der Waals surface area contributed by atoms with Crippen molar-refractivity contribution in [1.82, 2.24) is 20.1 Å². The van der Waals surface area contributed by atoms with Gasteiger partial charge in [-0.3, -0.25) is 9.59 Å². The number of aliphatic carboxylic acids is 1. The highest BCUT2D eigenvalue weighted by atomic mass is 32.2. The number of carboxylic acid groups (broad SMARTS) is 1. The maximum Gasteiger partial charge on any atom is 0.327 e. The average Bonchev–Trinajstić information content (AvgIpc) is 3.68. The molecule has 2 amide bonds. The Morgan fingerprint density at radius 3 is 2.47 bits per heavy atom. The number of nitrogens with zero attached hydrogens (tertiary/aromatic N) is 2. The molecule has 1 saturated heterocycles. The quantitative estimate of drug-likeness (QED) is 0.122. The highest BCUT2D eigenvalue weighted by molar-refractivity contribution is 8.00. The molecule has 0 aliphatic carbocycles. The lowest BCUT2D eigenvalue weighted by Crippen LogP contribution is -2.47. The molecule has 0 saturated carbocycles. The van der Waals surface area contributed by atoms with Gasteiger partial charge in [0, 0.05) is 67.3 Å². The standard InChI is InChI=1S/C38H50F3N5O4S/c1-38(2,3)36(33-16-26(29-17-28(39)13-14-30(29)40)21-45(33)20-25-10-6-4-7-11-25)46(22-27-18-43-19-31(27)41)35(48)24-51-23-32(37(49)50)44-34(47)12-8-5-9-15-42/h4,6-7,10-11,13-14,16-17,21,27,31-32,36,43H,5,8-9,12,15,18-20,22-24,42H2,1-3H3,(H,44,47)(H,49,50)/t27-,31-,32?,36?/m0/s1. The minimum atomic E-state index is -1.21. The Balaban J connectivity index is 1.67.